The summed E-state index contributed by atoms with van der Waals surface area (Å²) in [5.41, 5.74) is 5.85. The van der Waals surface area contributed by atoms with Gasteiger partial charge in [-0.3, -0.25) is 4.55 Å². The quantitative estimate of drug-likeness (QED) is 0.441. The standard InChI is InChI=1S/C8H18N2O3S.Na.H/c9-7-3-1-2-4-8(7)10-5-6-14(11,12)13;;/h7-8,10H,1-6,9H2,(H,11,12,13);;. The Labute approximate surface area is 113 Å². The first kappa shape index (κ1) is 15.8. The number of nitrogens with one attached hydrogen (secondary N) is 1. The van der Waals surface area contributed by atoms with Crippen LogP contribution in [-0.2, 0) is 10.1 Å². The zero-order valence-electron chi connectivity index (χ0n) is 8.15. The molecule has 0 amide bonds. The summed E-state index contributed by atoms with van der Waals surface area (Å²) in [6, 6.07) is 0.315. The molecule has 1 saturated carbocycles. The van der Waals surface area contributed by atoms with Crippen LogP contribution in [0.2, 0.25) is 0 Å². The Hall–Kier alpha value is 0.830. The van der Waals surface area contributed by atoms with E-state index in [1.807, 2.05) is 0 Å². The number of nitrogens with two attached hydrogens (primary N) is 1. The molecule has 1 aliphatic rings. The van der Waals surface area contributed by atoms with E-state index in [-0.39, 0.29) is 53.9 Å². The van der Waals surface area contributed by atoms with Crippen molar-refractivity contribution >= 4 is 39.7 Å². The molecular weight excluding hydrogens is 227 g/mol. The molecule has 0 bridgehead atoms. The van der Waals surface area contributed by atoms with Crippen molar-refractivity contribution in [2.75, 3.05) is 12.3 Å². The molecule has 15 heavy (non-hydrogen) atoms. The van der Waals surface area contributed by atoms with Gasteiger partial charge in [-0.05, 0) is 12.8 Å². The molecule has 2 unspecified atom stereocenters. The van der Waals surface area contributed by atoms with E-state index >= 15 is 0 Å². The molecule has 0 spiro atoms. The molecule has 0 radical (unpaired) electrons. The van der Waals surface area contributed by atoms with Crippen LogP contribution in [0, 0.1) is 0 Å². The number of hydrogen-bond donors (Lipinski definition) is 3. The predicted molar refractivity (Wildman–Crippen MR) is 61.8 cm³/mol. The summed E-state index contributed by atoms with van der Waals surface area (Å²) in [5, 5.41) is 3.06. The van der Waals surface area contributed by atoms with E-state index in [0.717, 1.165) is 25.7 Å². The van der Waals surface area contributed by atoms with E-state index in [1.54, 1.807) is 0 Å². The topological polar surface area (TPSA) is 92.4 Å². The summed E-state index contributed by atoms with van der Waals surface area (Å²) in [6.07, 6.45) is 4.27. The Bertz CT molecular complexity index is 271. The zero-order chi connectivity index (χ0) is 10.6. The van der Waals surface area contributed by atoms with Crippen LogP contribution in [0.5, 0.6) is 0 Å². The van der Waals surface area contributed by atoms with E-state index in [1.165, 1.54) is 0 Å². The summed E-state index contributed by atoms with van der Waals surface area (Å²) >= 11 is 0. The van der Waals surface area contributed by atoms with Crippen LogP contribution in [0.3, 0.4) is 0 Å². The zero-order valence-corrected chi connectivity index (χ0v) is 8.96. The van der Waals surface area contributed by atoms with Crippen molar-refractivity contribution in [1.82, 2.24) is 5.32 Å². The van der Waals surface area contributed by atoms with Crippen LogP contribution in [0.4, 0.5) is 0 Å². The van der Waals surface area contributed by atoms with Crippen molar-refractivity contribution in [3.63, 3.8) is 0 Å². The average molecular weight is 246 g/mol. The molecule has 1 fully saturated rings. The van der Waals surface area contributed by atoms with E-state index < -0.39 is 10.1 Å². The molecular formula is C8H19N2NaO3S. The molecule has 0 aromatic carbocycles. The summed E-state index contributed by atoms with van der Waals surface area (Å²) in [7, 11) is -3.85. The first-order valence-electron chi connectivity index (χ1n) is 4.93. The van der Waals surface area contributed by atoms with Crippen LogP contribution >= 0.6 is 0 Å². The monoisotopic (exact) mass is 246 g/mol. The van der Waals surface area contributed by atoms with Crippen LogP contribution in [0.1, 0.15) is 25.7 Å². The summed E-state index contributed by atoms with van der Waals surface area (Å²) in [5.74, 6) is -0.240. The van der Waals surface area contributed by atoms with Crippen molar-refractivity contribution in [3.8, 4) is 0 Å². The van der Waals surface area contributed by atoms with Crippen LogP contribution in [0.25, 0.3) is 0 Å². The number of hydrogen-bond acceptors (Lipinski definition) is 4. The van der Waals surface area contributed by atoms with Gasteiger partial charge in [0.05, 0.1) is 5.75 Å². The molecule has 1 rings (SSSR count). The predicted octanol–water partition coefficient (Wildman–Crippen LogP) is -0.915. The second kappa shape index (κ2) is 7.21. The molecule has 2 atom stereocenters. The molecule has 86 valence electrons. The third-order valence-electron chi connectivity index (χ3n) is 2.59. The Morgan fingerprint density at radius 2 is 1.93 bits per heavy atom. The van der Waals surface area contributed by atoms with Gasteiger partial charge in [0.15, 0.2) is 0 Å². The summed E-state index contributed by atoms with van der Waals surface area (Å²) in [6.45, 7) is 0.275. The Morgan fingerprint density at radius 3 is 2.47 bits per heavy atom. The van der Waals surface area contributed by atoms with Crippen molar-refractivity contribution < 1.29 is 13.0 Å². The maximum absolute atomic E-state index is 10.4. The van der Waals surface area contributed by atoms with E-state index in [9.17, 15) is 8.42 Å². The van der Waals surface area contributed by atoms with Gasteiger partial charge in [0.25, 0.3) is 10.1 Å². The minimum atomic E-state index is -3.85. The average Bonchev–Trinajstić information content (AvgIpc) is 2.06. The third-order valence-corrected chi connectivity index (χ3v) is 3.31. The van der Waals surface area contributed by atoms with Crippen LogP contribution < -0.4 is 11.1 Å². The normalized spacial score (nSPS) is 27.1. The van der Waals surface area contributed by atoms with Gasteiger partial charge in [0, 0.05) is 18.6 Å². The first-order valence-corrected chi connectivity index (χ1v) is 6.54. The van der Waals surface area contributed by atoms with Gasteiger partial charge in [-0.15, -0.1) is 0 Å². The molecule has 0 saturated heterocycles. The van der Waals surface area contributed by atoms with Gasteiger partial charge in [0.1, 0.15) is 0 Å². The van der Waals surface area contributed by atoms with Crippen LogP contribution in [0.15, 0.2) is 0 Å². The van der Waals surface area contributed by atoms with Crippen molar-refractivity contribution in [1.29, 1.82) is 0 Å². The van der Waals surface area contributed by atoms with Gasteiger partial charge < -0.3 is 11.1 Å². The van der Waals surface area contributed by atoms with Crippen LogP contribution in [-0.4, -0.2) is 66.9 Å². The minimum absolute atomic E-state index is 0. The fourth-order valence-electron chi connectivity index (χ4n) is 1.79. The second-order valence-electron chi connectivity index (χ2n) is 3.79. The van der Waals surface area contributed by atoms with E-state index in [2.05, 4.69) is 5.32 Å². The van der Waals surface area contributed by atoms with E-state index in [4.69, 9.17) is 10.3 Å². The van der Waals surface area contributed by atoms with Gasteiger partial charge in [-0.2, -0.15) is 8.42 Å². The van der Waals surface area contributed by atoms with Gasteiger partial charge >= 0.3 is 29.6 Å². The van der Waals surface area contributed by atoms with Crippen molar-refractivity contribution in [3.05, 3.63) is 0 Å². The molecule has 4 N–H and O–H groups in total. The number of rotatable bonds is 4. The first-order chi connectivity index (χ1) is 6.49. The van der Waals surface area contributed by atoms with Gasteiger partial charge in [-0.25, -0.2) is 0 Å². The molecule has 0 aliphatic heterocycles. The fraction of sp³-hybridized carbons (Fsp3) is 1.00. The SMILES string of the molecule is NC1CCCCC1NCCS(=O)(=O)O.[NaH]. The van der Waals surface area contributed by atoms with Gasteiger partial charge in [-0.1, -0.05) is 12.8 Å². The summed E-state index contributed by atoms with van der Waals surface area (Å²) in [4.78, 5) is 0. The molecule has 0 aromatic heterocycles. The molecule has 1 aliphatic carbocycles. The fourth-order valence-corrected chi connectivity index (χ4v) is 2.16. The molecule has 0 heterocycles. The molecule has 0 aromatic rings. The molecule has 7 heteroatoms. The van der Waals surface area contributed by atoms with E-state index in [0.29, 0.717) is 0 Å². The second-order valence-corrected chi connectivity index (χ2v) is 5.37. The Balaban J connectivity index is 0.00000196. The van der Waals surface area contributed by atoms with Crippen molar-refractivity contribution in [2.24, 2.45) is 5.73 Å². The third kappa shape index (κ3) is 6.88. The van der Waals surface area contributed by atoms with Crippen molar-refractivity contribution in [2.45, 2.75) is 37.8 Å². The van der Waals surface area contributed by atoms with Gasteiger partial charge in [0.2, 0.25) is 0 Å². The molecule has 5 nitrogen and oxygen atoms in total. The Kier molecular flexibility index (Phi) is 7.61. The summed E-state index contributed by atoms with van der Waals surface area (Å²) < 4.78 is 29.4. The maximum atomic E-state index is 10.4. The Morgan fingerprint density at radius 1 is 1.33 bits per heavy atom.